The fourth-order valence-electron chi connectivity index (χ4n) is 4.19. The maximum absolute atomic E-state index is 12.4. The highest BCUT2D eigenvalue weighted by atomic mass is 16.4. The molecule has 110 valence electrons. The topological polar surface area (TPSA) is 66.4 Å². The Kier molecular flexibility index (Phi) is 3.81. The number of carboxylic acid groups (broad SMARTS) is 1. The minimum atomic E-state index is -0.871. The number of fused-ring (bicyclic) bond motifs is 2. The van der Waals surface area contributed by atoms with Gasteiger partial charge in [-0.2, -0.15) is 0 Å². The van der Waals surface area contributed by atoms with Crippen LogP contribution >= 0.6 is 0 Å². The number of carboxylic acids is 1. The van der Waals surface area contributed by atoms with E-state index in [1.807, 2.05) is 0 Å². The highest BCUT2D eigenvalue weighted by Crippen LogP contribution is 2.43. The molecule has 0 aliphatic heterocycles. The van der Waals surface area contributed by atoms with Gasteiger partial charge in [-0.25, -0.2) is 4.79 Å². The Hall–Kier alpha value is -1.32. The van der Waals surface area contributed by atoms with Crippen molar-refractivity contribution >= 4 is 11.9 Å². The largest absolute Gasteiger partial charge is 0.480 e. The van der Waals surface area contributed by atoms with Crippen LogP contribution in [-0.2, 0) is 9.59 Å². The minimum Gasteiger partial charge on any atom is -0.480 e. The van der Waals surface area contributed by atoms with Crippen LogP contribution in [0.15, 0.2) is 12.2 Å². The van der Waals surface area contributed by atoms with E-state index in [4.69, 9.17) is 0 Å². The van der Waals surface area contributed by atoms with Gasteiger partial charge in [-0.3, -0.25) is 4.79 Å². The fourth-order valence-corrected chi connectivity index (χ4v) is 4.19. The van der Waals surface area contributed by atoms with Crippen LogP contribution in [0.2, 0.25) is 0 Å². The number of allylic oxidation sites excluding steroid dienone is 2. The zero-order chi connectivity index (χ0) is 14.1. The summed E-state index contributed by atoms with van der Waals surface area (Å²) in [5.74, 6) is 0.0630. The molecular formula is C16H23NO3. The van der Waals surface area contributed by atoms with Crippen molar-refractivity contribution in [1.82, 2.24) is 5.32 Å². The highest BCUT2D eigenvalue weighted by Gasteiger charge is 2.41. The number of carbonyl (C=O) groups is 2. The van der Waals surface area contributed by atoms with E-state index in [0.29, 0.717) is 11.8 Å². The third kappa shape index (κ3) is 2.60. The van der Waals surface area contributed by atoms with Gasteiger partial charge in [-0.05, 0) is 43.4 Å². The van der Waals surface area contributed by atoms with Crippen LogP contribution in [0.1, 0.15) is 44.9 Å². The quantitative estimate of drug-likeness (QED) is 0.775. The molecule has 0 radical (unpaired) electrons. The average molecular weight is 277 g/mol. The van der Waals surface area contributed by atoms with Gasteiger partial charge in [0.05, 0.1) is 0 Å². The van der Waals surface area contributed by atoms with Crippen molar-refractivity contribution in [3.63, 3.8) is 0 Å². The number of aliphatic carboxylic acids is 1. The van der Waals surface area contributed by atoms with E-state index in [1.165, 1.54) is 6.42 Å². The van der Waals surface area contributed by atoms with Gasteiger partial charge in [0.2, 0.25) is 5.91 Å². The highest BCUT2D eigenvalue weighted by molar-refractivity contribution is 5.86. The van der Waals surface area contributed by atoms with E-state index >= 15 is 0 Å². The molecule has 4 nitrogen and oxygen atoms in total. The Morgan fingerprint density at radius 2 is 1.85 bits per heavy atom. The lowest BCUT2D eigenvalue weighted by Crippen LogP contribution is -2.49. The molecule has 4 unspecified atom stereocenters. The number of hydrogen-bond donors (Lipinski definition) is 2. The summed E-state index contributed by atoms with van der Waals surface area (Å²) in [7, 11) is 0. The summed E-state index contributed by atoms with van der Waals surface area (Å²) in [6, 6.07) is -0.689. The molecule has 3 rings (SSSR count). The second-order valence-electron chi connectivity index (χ2n) is 6.61. The Morgan fingerprint density at radius 1 is 1.10 bits per heavy atom. The van der Waals surface area contributed by atoms with Gasteiger partial charge in [0.25, 0.3) is 0 Å². The predicted octanol–water partition coefficient (Wildman–Crippen LogP) is 2.35. The standard InChI is InChI=1S/C16H23NO3/c18-15(13-9-10-6-7-12(13)8-10)17-14(16(19)20)11-4-2-1-3-5-11/h6-7,10-14H,1-5,8-9H2,(H,17,18)(H,19,20). The summed E-state index contributed by atoms with van der Waals surface area (Å²) in [6.07, 6.45) is 11.5. The van der Waals surface area contributed by atoms with Gasteiger partial charge in [-0.15, -0.1) is 0 Å². The normalized spacial score (nSPS) is 34.1. The van der Waals surface area contributed by atoms with E-state index in [0.717, 1.165) is 38.5 Å². The molecule has 1 amide bonds. The summed E-state index contributed by atoms with van der Waals surface area (Å²) in [4.78, 5) is 23.9. The molecule has 2 bridgehead atoms. The maximum atomic E-state index is 12.4. The maximum Gasteiger partial charge on any atom is 0.326 e. The summed E-state index contributed by atoms with van der Waals surface area (Å²) in [5, 5.41) is 12.3. The Morgan fingerprint density at radius 3 is 2.40 bits per heavy atom. The summed E-state index contributed by atoms with van der Waals surface area (Å²) >= 11 is 0. The Labute approximate surface area is 119 Å². The molecule has 2 saturated carbocycles. The van der Waals surface area contributed by atoms with Crippen molar-refractivity contribution < 1.29 is 14.7 Å². The molecule has 3 aliphatic carbocycles. The van der Waals surface area contributed by atoms with Crippen molar-refractivity contribution in [1.29, 1.82) is 0 Å². The molecule has 0 spiro atoms. The van der Waals surface area contributed by atoms with E-state index in [2.05, 4.69) is 17.5 Å². The molecule has 0 aromatic carbocycles. The number of carbonyl (C=O) groups excluding carboxylic acids is 1. The first-order chi connectivity index (χ1) is 9.65. The second-order valence-corrected chi connectivity index (χ2v) is 6.61. The number of rotatable bonds is 4. The average Bonchev–Trinajstić information content (AvgIpc) is 3.07. The van der Waals surface area contributed by atoms with Crippen molar-refractivity contribution in [2.75, 3.05) is 0 Å². The number of amides is 1. The molecule has 2 N–H and O–H groups in total. The fraction of sp³-hybridized carbons (Fsp3) is 0.750. The molecule has 4 atom stereocenters. The van der Waals surface area contributed by atoms with E-state index in [-0.39, 0.29) is 17.7 Å². The monoisotopic (exact) mass is 277 g/mol. The van der Waals surface area contributed by atoms with Crippen molar-refractivity contribution in [3.05, 3.63) is 12.2 Å². The van der Waals surface area contributed by atoms with Crippen LogP contribution in [0, 0.1) is 23.7 Å². The summed E-state index contributed by atoms with van der Waals surface area (Å²) in [6.45, 7) is 0. The lowest BCUT2D eigenvalue weighted by atomic mass is 9.83. The van der Waals surface area contributed by atoms with Crippen LogP contribution in [0.5, 0.6) is 0 Å². The number of hydrogen-bond acceptors (Lipinski definition) is 2. The first kappa shape index (κ1) is 13.7. The molecular weight excluding hydrogens is 254 g/mol. The summed E-state index contributed by atoms with van der Waals surface area (Å²) in [5.41, 5.74) is 0. The van der Waals surface area contributed by atoms with Gasteiger partial charge < -0.3 is 10.4 Å². The van der Waals surface area contributed by atoms with Crippen LogP contribution in [0.4, 0.5) is 0 Å². The van der Waals surface area contributed by atoms with Gasteiger partial charge >= 0.3 is 5.97 Å². The van der Waals surface area contributed by atoms with E-state index in [1.54, 1.807) is 0 Å². The minimum absolute atomic E-state index is 0.00422. The zero-order valence-corrected chi connectivity index (χ0v) is 11.8. The third-order valence-electron chi connectivity index (χ3n) is 5.30. The zero-order valence-electron chi connectivity index (χ0n) is 11.8. The molecule has 2 fully saturated rings. The first-order valence-electron chi connectivity index (χ1n) is 7.86. The molecule has 0 aromatic rings. The predicted molar refractivity (Wildman–Crippen MR) is 75.0 cm³/mol. The Bertz CT molecular complexity index is 425. The molecule has 0 aromatic heterocycles. The molecule has 20 heavy (non-hydrogen) atoms. The molecule has 4 heteroatoms. The first-order valence-corrected chi connectivity index (χ1v) is 7.86. The van der Waals surface area contributed by atoms with E-state index in [9.17, 15) is 14.7 Å². The summed E-state index contributed by atoms with van der Waals surface area (Å²) < 4.78 is 0. The van der Waals surface area contributed by atoms with E-state index < -0.39 is 12.0 Å². The van der Waals surface area contributed by atoms with Gasteiger partial charge in [0.15, 0.2) is 0 Å². The van der Waals surface area contributed by atoms with Crippen LogP contribution in [0.3, 0.4) is 0 Å². The SMILES string of the molecule is O=C(NC(C(=O)O)C1CCCCC1)C1CC2C=CC1C2. The van der Waals surface area contributed by atoms with Crippen LogP contribution < -0.4 is 5.32 Å². The van der Waals surface area contributed by atoms with Gasteiger partial charge in [-0.1, -0.05) is 31.4 Å². The van der Waals surface area contributed by atoms with Gasteiger partial charge in [0.1, 0.15) is 6.04 Å². The van der Waals surface area contributed by atoms with Crippen LogP contribution in [0.25, 0.3) is 0 Å². The number of nitrogens with one attached hydrogen (secondary N) is 1. The smallest absolute Gasteiger partial charge is 0.326 e. The van der Waals surface area contributed by atoms with Gasteiger partial charge in [0, 0.05) is 5.92 Å². The lowest BCUT2D eigenvalue weighted by Gasteiger charge is -2.29. The second kappa shape index (κ2) is 5.58. The van der Waals surface area contributed by atoms with Crippen molar-refractivity contribution in [2.24, 2.45) is 23.7 Å². The van der Waals surface area contributed by atoms with Crippen molar-refractivity contribution in [2.45, 2.75) is 51.0 Å². The van der Waals surface area contributed by atoms with Crippen molar-refractivity contribution in [3.8, 4) is 0 Å². The Balaban J connectivity index is 1.62. The third-order valence-corrected chi connectivity index (χ3v) is 5.30. The molecule has 3 aliphatic rings. The molecule has 0 saturated heterocycles. The molecule has 0 heterocycles. The lowest BCUT2D eigenvalue weighted by molar-refractivity contribution is -0.144. The van der Waals surface area contributed by atoms with Crippen LogP contribution in [-0.4, -0.2) is 23.0 Å².